The van der Waals surface area contributed by atoms with Gasteiger partial charge in [0.1, 0.15) is 0 Å². The van der Waals surface area contributed by atoms with Gasteiger partial charge in [0.25, 0.3) is 0 Å². The second-order valence-corrected chi connectivity index (χ2v) is 6.55. The van der Waals surface area contributed by atoms with E-state index in [-0.39, 0.29) is 10.5 Å². The Labute approximate surface area is 122 Å². The number of carboxylic acids is 1. The van der Waals surface area contributed by atoms with E-state index in [1.165, 1.54) is 18.2 Å². The van der Waals surface area contributed by atoms with Gasteiger partial charge in [0.15, 0.2) is 9.84 Å². The number of rotatable bonds is 4. The second kappa shape index (κ2) is 5.45. The lowest BCUT2D eigenvalue weighted by Gasteiger charge is -2.10. The summed E-state index contributed by atoms with van der Waals surface area (Å²) >= 11 is 0. The van der Waals surface area contributed by atoms with Gasteiger partial charge in [-0.05, 0) is 42.5 Å². The third-order valence-electron chi connectivity index (χ3n) is 2.84. The van der Waals surface area contributed by atoms with Gasteiger partial charge in [-0.15, -0.1) is 0 Å². The number of nitrogen functional groups attached to an aromatic ring is 1. The highest BCUT2D eigenvalue weighted by Gasteiger charge is 2.11. The number of benzene rings is 2. The summed E-state index contributed by atoms with van der Waals surface area (Å²) in [5.74, 6) is -1.10. The first-order valence-corrected chi connectivity index (χ1v) is 7.86. The van der Waals surface area contributed by atoms with Crippen LogP contribution < -0.4 is 11.1 Å². The van der Waals surface area contributed by atoms with E-state index in [9.17, 15) is 13.2 Å². The predicted molar refractivity (Wildman–Crippen MR) is 80.6 cm³/mol. The molecule has 0 fully saturated rings. The van der Waals surface area contributed by atoms with E-state index >= 15 is 0 Å². The Hall–Kier alpha value is -2.54. The van der Waals surface area contributed by atoms with Crippen molar-refractivity contribution in [1.82, 2.24) is 0 Å². The zero-order valence-corrected chi connectivity index (χ0v) is 12.0. The van der Waals surface area contributed by atoms with Crippen molar-refractivity contribution in [1.29, 1.82) is 0 Å². The number of nitrogens with one attached hydrogen (secondary N) is 1. The Morgan fingerprint density at radius 1 is 1.14 bits per heavy atom. The monoisotopic (exact) mass is 306 g/mol. The molecule has 0 atom stereocenters. The van der Waals surface area contributed by atoms with Crippen molar-refractivity contribution >= 4 is 32.9 Å². The number of carbonyl (C=O) groups is 1. The van der Waals surface area contributed by atoms with Crippen molar-refractivity contribution in [3.63, 3.8) is 0 Å². The molecule has 0 saturated heterocycles. The molecule has 0 radical (unpaired) electrons. The Balaban J connectivity index is 2.33. The molecule has 0 amide bonds. The van der Waals surface area contributed by atoms with Gasteiger partial charge < -0.3 is 16.2 Å². The summed E-state index contributed by atoms with van der Waals surface area (Å²) in [6, 6.07) is 10.5. The zero-order valence-electron chi connectivity index (χ0n) is 11.2. The SMILES string of the molecule is CS(=O)(=O)c1ccc(Nc2ccc(N)cc2C(=O)O)cc1. The highest BCUT2D eigenvalue weighted by atomic mass is 32.2. The summed E-state index contributed by atoms with van der Waals surface area (Å²) in [7, 11) is -3.26. The number of carboxylic acid groups (broad SMARTS) is 1. The molecule has 0 bridgehead atoms. The van der Waals surface area contributed by atoms with Crippen molar-refractivity contribution in [3.05, 3.63) is 48.0 Å². The van der Waals surface area contributed by atoms with E-state index in [2.05, 4.69) is 5.32 Å². The average molecular weight is 306 g/mol. The molecule has 110 valence electrons. The first-order valence-electron chi connectivity index (χ1n) is 5.97. The molecule has 2 rings (SSSR count). The maximum absolute atomic E-state index is 11.4. The third-order valence-corrected chi connectivity index (χ3v) is 3.96. The lowest BCUT2D eigenvalue weighted by atomic mass is 10.1. The molecule has 4 N–H and O–H groups in total. The molecule has 0 aliphatic carbocycles. The van der Waals surface area contributed by atoms with Crippen LogP contribution in [0.3, 0.4) is 0 Å². The summed E-state index contributed by atoms with van der Waals surface area (Å²) < 4.78 is 22.7. The smallest absolute Gasteiger partial charge is 0.337 e. The molecule has 0 heterocycles. The van der Waals surface area contributed by atoms with Crippen LogP contribution in [0.4, 0.5) is 17.1 Å². The normalized spacial score (nSPS) is 11.1. The van der Waals surface area contributed by atoms with Crippen LogP contribution in [0.1, 0.15) is 10.4 Å². The lowest BCUT2D eigenvalue weighted by Crippen LogP contribution is -2.04. The van der Waals surface area contributed by atoms with Crippen LogP contribution in [0.15, 0.2) is 47.4 Å². The summed E-state index contributed by atoms with van der Waals surface area (Å²) in [5.41, 5.74) is 6.92. The van der Waals surface area contributed by atoms with Crippen molar-refractivity contribution < 1.29 is 18.3 Å². The maximum atomic E-state index is 11.4. The van der Waals surface area contributed by atoms with Crippen LogP contribution in [-0.4, -0.2) is 25.7 Å². The van der Waals surface area contributed by atoms with Crippen molar-refractivity contribution in [2.45, 2.75) is 4.90 Å². The molecule has 7 heteroatoms. The van der Waals surface area contributed by atoms with Gasteiger partial charge in [0.05, 0.1) is 16.1 Å². The summed E-state index contributed by atoms with van der Waals surface area (Å²) in [6.07, 6.45) is 1.12. The Bertz CT molecular complexity index is 783. The fourth-order valence-corrected chi connectivity index (χ4v) is 2.42. The first-order chi connectivity index (χ1) is 9.77. The molecule has 0 unspecified atom stereocenters. The first kappa shape index (κ1) is 14.9. The van der Waals surface area contributed by atoms with Gasteiger partial charge in [-0.3, -0.25) is 0 Å². The average Bonchev–Trinajstić information content (AvgIpc) is 2.40. The minimum Gasteiger partial charge on any atom is -0.478 e. The van der Waals surface area contributed by atoms with Crippen LogP contribution in [0.25, 0.3) is 0 Å². The number of anilines is 3. The van der Waals surface area contributed by atoms with Crippen molar-refractivity contribution in [2.24, 2.45) is 0 Å². The Morgan fingerprint density at radius 3 is 2.29 bits per heavy atom. The predicted octanol–water partition coefficient (Wildman–Crippen LogP) is 2.11. The van der Waals surface area contributed by atoms with Crippen LogP contribution in [0.5, 0.6) is 0 Å². The molecule has 6 nitrogen and oxygen atoms in total. The molecule has 2 aromatic carbocycles. The van der Waals surface area contributed by atoms with E-state index in [0.29, 0.717) is 17.1 Å². The maximum Gasteiger partial charge on any atom is 0.337 e. The molecule has 0 aromatic heterocycles. The van der Waals surface area contributed by atoms with Gasteiger partial charge in [-0.2, -0.15) is 0 Å². The number of hydrogen-bond acceptors (Lipinski definition) is 5. The van der Waals surface area contributed by atoms with Crippen LogP contribution in [-0.2, 0) is 9.84 Å². The van der Waals surface area contributed by atoms with E-state index in [1.807, 2.05) is 0 Å². The van der Waals surface area contributed by atoms with E-state index in [4.69, 9.17) is 10.8 Å². The summed E-state index contributed by atoms with van der Waals surface area (Å²) in [5, 5.41) is 12.1. The minimum atomic E-state index is -3.26. The number of aromatic carboxylic acids is 1. The highest BCUT2D eigenvalue weighted by molar-refractivity contribution is 7.90. The van der Waals surface area contributed by atoms with Gasteiger partial charge in [-0.25, -0.2) is 13.2 Å². The molecule has 21 heavy (non-hydrogen) atoms. The van der Waals surface area contributed by atoms with Gasteiger partial charge >= 0.3 is 5.97 Å². The highest BCUT2D eigenvalue weighted by Crippen LogP contribution is 2.24. The largest absolute Gasteiger partial charge is 0.478 e. The van der Waals surface area contributed by atoms with Crippen molar-refractivity contribution in [3.8, 4) is 0 Å². The lowest BCUT2D eigenvalue weighted by molar-refractivity contribution is 0.0698. The van der Waals surface area contributed by atoms with E-state index in [1.54, 1.807) is 24.3 Å². The second-order valence-electron chi connectivity index (χ2n) is 4.53. The molecular weight excluding hydrogens is 292 g/mol. The van der Waals surface area contributed by atoms with Crippen LogP contribution in [0.2, 0.25) is 0 Å². The Morgan fingerprint density at radius 2 is 1.76 bits per heavy atom. The Kier molecular flexibility index (Phi) is 3.86. The molecule has 2 aromatic rings. The van der Waals surface area contributed by atoms with Crippen LogP contribution in [0, 0.1) is 0 Å². The number of sulfone groups is 1. The van der Waals surface area contributed by atoms with Gasteiger partial charge in [0.2, 0.25) is 0 Å². The van der Waals surface area contributed by atoms with E-state index in [0.717, 1.165) is 6.26 Å². The molecular formula is C14H14N2O4S. The van der Waals surface area contributed by atoms with Gasteiger partial charge in [-0.1, -0.05) is 0 Å². The molecule has 0 aliphatic rings. The standard InChI is InChI=1S/C14H14N2O4S/c1-21(19,20)11-5-3-10(4-6-11)16-13-7-2-9(15)8-12(13)14(17)18/h2-8,16H,15H2,1H3,(H,17,18). The number of nitrogens with two attached hydrogens (primary N) is 1. The third kappa shape index (κ3) is 3.51. The molecule has 0 aliphatic heterocycles. The zero-order chi connectivity index (χ0) is 15.6. The molecule has 0 spiro atoms. The van der Waals surface area contributed by atoms with Crippen LogP contribution >= 0.6 is 0 Å². The molecule has 0 saturated carbocycles. The van der Waals surface area contributed by atoms with E-state index < -0.39 is 15.8 Å². The summed E-state index contributed by atoms with van der Waals surface area (Å²) in [4.78, 5) is 11.4. The topological polar surface area (TPSA) is 109 Å². The quantitative estimate of drug-likeness (QED) is 0.746. The fourth-order valence-electron chi connectivity index (χ4n) is 1.79. The van der Waals surface area contributed by atoms with Gasteiger partial charge in [0, 0.05) is 17.6 Å². The summed E-state index contributed by atoms with van der Waals surface area (Å²) in [6.45, 7) is 0. The fraction of sp³-hybridized carbons (Fsp3) is 0.0714. The van der Waals surface area contributed by atoms with Crippen molar-refractivity contribution in [2.75, 3.05) is 17.3 Å². The minimum absolute atomic E-state index is 0.0437. The number of hydrogen-bond donors (Lipinski definition) is 3.